The fourth-order valence-corrected chi connectivity index (χ4v) is 2.42. The van der Waals surface area contributed by atoms with Crippen molar-refractivity contribution in [2.75, 3.05) is 0 Å². The fraction of sp³-hybridized carbons (Fsp3) is 0.400. The summed E-state index contributed by atoms with van der Waals surface area (Å²) in [6.45, 7) is 3.90. The van der Waals surface area contributed by atoms with E-state index in [1.807, 2.05) is 19.9 Å². The molecule has 0 saturated carbocycles. The van der Waals surface area contributed by atoms with Gasteiger partial charge < -0.3 is 0 Å². The van der Waals surface area contributed by atoms with Gasteiger partial charge >= 0.3 is 5.51 Å². The summed E-state index contributed by atoms with van der Waals surface area (Å²) >= 11 is 3.12. The molecule has 0 unspecified atom stereocenters. The van der Waals surface area contributed by atoms with Crippen LogP contribution in [-0.2, 0) is 0 Å². The van der Waals surface area contributed by atoms with Crippen molar-refractivity contribution >= 4 is 27.7 Å². The van der Waals surface area contributed by atoms with E-state index in [4.69, 9.17) is 0 Å². The predicted molar refractivity (Wildman–Crippen MR) is 60.1 cm³/mol. The van der Waals surface area contributed by atoms with Crippen LogP contribution in [0.2, 0.25) is 0 Å². The van der Waals surface area contributed by atoms with Gasteiger partial charge in [0.1, 0.15) is 0 Å². The van der Waals surface area contributed by atoms with Crippen molar-refractivity contribution in [2.24, 2.45) is 0 Å². The quantitative estimate of drug-likeness (QED) is 0.678. The zero-order chi connectivity index (χ0) is 11.6. The molecule has 1 rings (SSSR count). The highest BCUT2D eigenvalue weighted by Crippen LogP contribution is 2.38. The van der Waals surface area contributed by atoms with Gasteiger partial charge in [0.05, 0.1) is 0 Å². The molecule has 1 aromatic carbocycles. The van der Waals surface area contributed by atoms with E-state index < -0.39 is 5.51 Å². The number of halogens is 4. The zero-order valence-corrected chi connectivity index (χ0v) is 10.6. The van der Waals surface area contributed by atoms with Crippen LogP contribution in [0.25, 0.3) is 0 Å². The van der Waals surface area contributed by atoms with Gasteiger partial charge in [0.2, 0.25) is 0 Å². The molecule has 0 N–H and O–H groups in total. The molecule has 0 atom stereocenters. The summed E-state index contributed by atoms with van der Waals surface area (Å²) in [4.78, 5) is 0.223. The van der Waals surface area contributed by atoms with E-state index in [-0.39, 0.29) is 22.6 Å². The van der Waals surface area contributed by atoms with Crippen molar-refractivity contribution in [3.05, 3.63) is 28.2 Å². The second kappa shape index (κ2) is 4.78. The molecule has 0 radical (unpaired) electrons. The molecule has 84 valence electrons. The summed E-state index contributed by atoms with van der Waals surface area (Å²) in [5, 5.41) is 0. The molecule has 0 nitrogen and oxygen atoms in total. The number of hydrogen-bond donors (Lipinski definition) is 0. The van der Waals surface area contributed by atoms with Crippen LogP contribution in [0.4, 0.5) is 13.2 Å². The Morgan fingerprint density at radius 2 is 1.80 bits per heavy atom. The van der Waals surface area contributed by atoms with Gasteiger partial charge in [-0.15, -0.1) is 0 Å². The lowest BCUT2D eigenvalue weighted by molar-refractivity contribution is -0.0328. The van der Waals surface area contributed by atoms with E-state index in [1.165, 1.54) is 6.07 Å². The summed E-state index contributed by atoms with van der Waals surface area (Å²) in [7, 11) is 0. The molecule has 15 heavy (non-hydrogen) atoms. The maximum atomic E-state index is 12.2. The Labute approximate surface area is 99.4 Å². The van der Waals surface area contributed by atoms with Gasteiger partial charge in [-0.25, -0.2) is 0 Å². The Hall–Kier alpha value is -0.160. The summed E-state index contributed by atoms with van der Waals surface area (Å²) in [6, 6.07) is 4.89. The first-order valence-corrected chi connectivity index (χ1v) is 5.95. The number of hydrogen-bond acceptors (Lipinski definition) is 1. The predicted octanol–water partition coefficient (Wildman–Crippen LogP) is 5.18. The molecular formula is C10H10BrF3S. The van der Waals surface area contributed by atoms with E-state index in [0.29, 0.717) is 4.47 Å². The molecule has 0 aliphatic carbocycles. The van der Waals surface area contributed by atoms with Crippen molar-refractivity contribution in [3.8, 4) is 0 Å². The van der Waals surface area contributed by atoms with Gasteiger partial charge in [-0.2, -0.15) is 13.2 Å². The highest BCUT2D eigenvalue weighted by Gasteiger charge is 2.29. The zero-order valence-electron chi connectivity index (χ0n) is 8.23. The lowest BCUT2D eigenvalue weighted by atomic mass is 10.0. The van der Waals surface area contributed by atoms with Crippen LogP contribution < -0.4 is 0 Å². The Morgan fingerprint density at radius 1 is 1.20 bits per heavy atom. The summed E-state index contributed by atoms with van der Waals surface area (Å²) in [5.41, 5.74) is -3.33. The lowest BCUT2D eigenvalue weighted by Crippen LogP contribution is -1.99. The molecule has 1 aromatic rings. The Balaban J connectivity index is 2.99. The highest BCUT2D eigenvalue weighted by atomic mass is 79.9. The molecule has 0 aliphatic heterocycles. The van der Waals surface area contributed by atoms with Gasteiger partial charge in [0.25, 0.3) is 0 Å². The standard InChI is InChI=1S/C10H10BrF3S/c1-6(2)7-3-8(11)5-9(4-7)15-10(12,13)14/h3-6H,1-2H3. The van der Waals surface area contributed by atoms with Crippen LogP contribution in [0.15, 0.2) is 27.6 Å². The fourth-order valence-electron chi connectivity index (χ4n) is 1.11. The van der Waals surface area contributed by atoms with Crippen molar-refractivity contribution in [2.45, 2.75) is 30.2 Å². The highest BCUT2D eigenvalue weighted by molar-refractivity contribution is 9.10. The van der Waals surface area contributed by atoms with Crippen LogP contribution in [-0.4, -0.2) is 5.51 Å². The summed E-state index contributed by atoms with van der Waals surface area (Å²) < 4.78 is 37.1. The second-order valence-corrected chi connectivity index (χ2v) is 5.48. The van der Waals surface area contributed by atoms with Gasteiger partial charge in [-0.05, 0) is 41.4 Å². The minimum absolute atomic E-state index is 0.0835. The number of alkyl halides is 3. The van der Waals surface area contributed by atoms with Crippen molar-refractivity contribution in [1.82, 2.24) is 0 Å². The summed E-state index contributed by atoms with van der Waals surface area (Å²) in [6.07, 6.45) is 0. The van der Waals surface area contributed by atoms with Gasteiger partial charge in [-0.3, -0.25) is 0 Å². The first kappa shape index (κ1) is 12.9. The minimum atomic E-state index is -4.23. The molecule has 0 heterocycles. The molecular weight excluding hydrogens is 289 g/mol. The van der Waals surface area contributed by atoms with E-state index in [1.54, 1.807) is 6.07 Å². The second-order valence-electron chi connectivity index (χ2n) is 3.42. The first-order chi connectivity index (χ1) is 6.78. The average Bonchev–Trinajstić information content (AvgIpc) is 1.99. The number of rotatable bonds is 2. The lowest BCUT2D eigenvalue weighted by Gasteiger charge is -2.10. The largest absolute Gasteiger partial charge is 0.446 e. The molecule has 0 bridgehead atoms. The van der Waals surface area contributed by atoms with Gasteiger partial charge in [0, 0.05) is 9.37 Å². The normalized spacial score (nSPS) is 12.2. The Kier molecular flexibility index (Phi) is 4.12. The maximum absolute atomic E-state index is 12.2. The van der Waals surface area contributed by atoms with Crippen LogP contribution in [0.5, 0.6) is 0 Å². The van der Waals surface area contributed by atoms with E-state index >= 15 is 0 Å². The van der Waals surface area contributed by atoms with Crippen LogP contribution in [0, 0.1) is 0 Å². The van der Waals surface area contributed by atoms with Gasteiger partial charge in [0.15, 0.2) is 0 Å². The first-order valence-electron chi connectivity index (χ1n) is 4.34. The molecule has 0 saturated heterocycles. The number of thioether (sulfide) groups is 1. The Bertz CT molecular complexity index is 347. The summed E-state index contributed by atoms with van der Waals surface area (Å²) in [5.74, 6) is 0.218. The van der Waals surface area contributed by atoms with E-state index in [0.717, 1.165) is 5.56 Å². The van der Waals surface area contributed by atoms with Gasteiger partial charge in [-0.1, -0.05) is 29.8 Å². The smallest absolute Gasteiger partial charge is 0.160 e. The van der Waals surface area contributed by atoms with Crippen LogP contribution in [0.3, 0.4) is 0 Å². The van der Waals surface area contributed by atoms with Crippen LogP contribution in [0.1, 0.15) is 25.3 Å². The topological polar surface area (TPSA) is 0 Å². The molecule has 0 aromatic heterocycles. The Morgan fingerprint density at radius 3 is 2.27 bits per heavy atom. The molecule has 0 fully saturated rings. The molecule has 0 aliphatic rings. The molecule has 0 spiro atoms. The molecule has 5 heteroatoms. The van der Waals surface area contributed by atoms with E-state index in [9.17, 15) is 13.2 Å². The monoisotopic (exact) mass is 298 g/mol. The van der Waals surface area contributed by atoms with Crippen LogP contribution >= 0.6 is 27.7 Å². The third-order valence-corrected chi connectivity index (χ3v) is 2.95. The third kappa shape index (κ3) is 4.47. The SMILES string of the molecule is CC(C)c1cc(Br)cc(SC(F)(F)F)c1. The molecule has 0 amide bonds. The third-order valence-electron chi connectivity index (χ3n) is 1.79. The average molecular weight is 299 g/mol. The number of benzene rings is 1. The minimum Gasteiger partial charge on any atom is -0.160 e. The van der Waals surface area contributed by atoms with Crippen molar-refractivity contribution in [3.63, 3.8) is 0 Å². The van der Waals surface area contributed by atoms with Crippen molar-refractivity contribution < 1.29 is 13.2 Å². The maximum Gasteiger partial charge on any atom is 0.446 e. The van der Waals surface area contributed by atoms with E-state index in [2.05, 4.69) is 15.9 Å². The van der Waals surface area contributed by atoms with Crippen molar-refractivity contribution in [1.29, 1.82) is 0 Å².